The fourth-order valence-corrected chi connectivity index (χ4v) is 1.78. The maximum Gasteiger partial charge on any atom is 0.253 e. The van der Waals surface area contributed by atoms with Crippen molar-refractivity contribution in [2.24, 2.45) is 0 Å². The van der Waals surface area contributed by atoms with E-state index in [4.69, 9.17) is 5.73 Å². The summed E-state index contributed by atoms with van der Waals surface area (Å²) >= 11 is 0. The number of benzene rings is 1. The molecule has 3 N–H and O–H groups in total. The number of carbonyl (C=O) groups excluding carboxylic acids is 1. The van der Waals surface area contributed by atoms with Crippen molar-refractivity contribution in [3.05, 3.63) is 29.8 Å². The van der Waals surface area contributed by atoms with Crippen LogP contribution >= 0.6 is 0 Å². The number of para-hydroxylation sites is 1. The number of quaternary nitrogens is 1. The van der Waals surface area contributed by atoms with Crippen LogP contribution in [0.3, 0.4) is 0 Å². The first kappa shape index (κ1) is 17.9. The fraction of sp³-hybridized carbons (Fsp3) is 0.500. The Hall–Kier alpha value is -1.07. The SMILES string of the molecule is CC[N+](C)(CC)CCNC(=O)c1ccccc1N.[Br-]. The van der Waals surface area contributed by atoms with E-state index in [0.29, 0.717) is 17.8 Å². The molecule has 0 aromatic heterocycles. The van der Waals surface area contributed by atoms with E-state index in [-0.39, 0.29) is 22.9 Å². The number of hydrogen-bond donors (Lipinski definition) is 2. The number of halogens is 1. The standard InChI is InChI=1S/C14H23N3O.BrH/c1-4-17(3,5-2)11-10-16-14(18)12-8-6-7-9-13(12)15;/h6-9H,4-5,10-11H2,1-3H3,(H2-,15,16,18);1H. The van der Waals surface area contributed by atoms with Gasteiger partial charge in [-0.25, -0.2) is 0 Å². The van der Waals surface area contributed by atoms with E-state index in [9.17, 15) is 4.79 Å². The predicted molar refractivity (Wildman–Crippen MR) is 75.3 cm³/mol. The van der Waals surface area contributed by atoms with E-state index >= 15 is 0 Å². The lowest BCUT2D eigenvalue weighted by molar-refractivity contribution is -0.904. The molecule has 0 saturated heterocycles. The summed E-state index contributed by atoms with van der Waals surface area (Å²) in [6, 6.07) is 7.14. The smallest absolute Gasteiger partial charge is 0.253 e. The summed E-state index contributed by atoms with van der Waals surface area (Å²) in [6.45, 7) is 8.08. The quantitative estimate of drug-likeness (QED) is 0.492. The molecule has 0 radical (unpaired) electrons. The van der Waals surface area contributed by atoms with E-state index in [1.165, 1.54) is 0 Å². The number of hydrogen-bond acceptors (Lipinski definition) is 2. The number of nitrogens with two attached hydrogens (primary N) is 1. The summed E-state index contributed by atoms with van der Waals surface area (Å²) in [4.78, 5) is 11.9. The predicted octanol–water partition coefficient (Wildman–Crippen LogP) is -1.51. The average Bonchev–Trinajstić information content (AvgIpc) is 2.39. The maximum absolute atomic E-state index is 11.9. The summed E-state index contributed by atoms with van der Waals surface area (Å²) in [5.41, 5.74) is 6.85. The van der Waals surface area contributed by atoms with Gasteiger partial charge in [-0.1, -0.05) is 12.1 Å². The number of anilines is 1. The van der Waals surface area contributed by atoms with Gasteiger partial charge in [0, 0.05) is 5.69 Å². The Morgan fingerprint density at radius 3 is 2.37 bits per heavy atom. The molecule has 1 rings (SSSR count). The molecule has 1 aromatic rings. The van der Waals surface area contributed by atoms with Crippen molar-refractivity contribution in [3.63, 3.8) is 0 Å². The van der Waals surface area contributed by atoms with Gasteiger partial charge in [0.15, 0.2) is 0 Å². The van der Waals surface area contributed by atoms with Gasteiger partial charge in [0.1, 0.15) is 0 Å². The minimum atomic E-state index is -0.0909. The van der Waals surface area contributed by atoms with E-state index in [2.05, 4.69) is 26.2 Å². The molecule has 19 heavy (non-hydrogen) atoms. The summed E-state index contributed by atoms with van der Waals surface area (Å²) in [5, 5.41) is 2.93. The van der Waals surface area contributed by atoms with Crippen LogP contribution in [0.1, 0.15) is 24.2 Å². The number of amides is 1. The molecular formula is C14H24BrN3O. The molecule has 0 aliphatic rings. The maximum atomic E-state index is 11.9. The van der Waals surface area contributed by atoms with Crippen molar-refractivity contribution in [1.82, 2.24) is 5.32 Å². The molecule has 0 aliphatic heterocycles. The van der Waals surface area contributed by atoms with E-state index in [0.717, 1.165) is 24.1 Å². The van der Waals surface area contributed by atoms with Crippen LogP contribution in [-0.2, 0) is 0 Å². The van der Waals surface area contributed by atoms with Gasteiger partial charge in [-0.05, 0) is 26.0 Å². The van der Waals surface area contributed by atoms with E-state index in [1.54, 1.807) is 12.1 Å². The molecule has 1 aromatic carbocycles. The lowest BCUT2D eigenvalue weighted by atomic mass is 10.1. The Labute approximate surface area is 126 Å². The molecule has 0 aliphatic carbocycles. The molecule has 0 heterocycles. The third kappa shape index (κ3) is 5.20. The van der Waals surface area contributed by atoms with Gasteiger partial charge >= 0.3 is 0 Å². The van der Waals surface area contributed by atoms with Crippen LogP contribution in [0.2, 0.25) is 0 Å². The Kier molecular flexibility index (Phi) is 7.71. The van der Waals surface area contributed by atoms with Crippen LogP contribution < -0.4 is 28.0 Å². The van der Waals surface area contributed by atoms with Crippen LogP contribution in [0.25, 0.3) is 0 Å². The minimum Gasteiger partial charge on any atom is -1.00 e. The van der Waals surface area contributed by atoms with E-state index in [1.807, 2.05) is 12.1 Å². The Morgan fingerprint density at radius 1 is 1.26 bits per heavy atom. The molecule has 0 fully saturated rings. The second kappa shape index (κ2) is 8.17. The number of rotatable bonds is 6. The lowest BCUT2D eigenvalue weighted by Gasteiger charge is -2.32. The van der Waals surface area contributed by atoms with Gasteiger partial charge in [-0.15, -0.1) is 0 Å². The largest absolute Gasteiger partial charge is 1.00 e. The average molecular weight is 330 g/mol. The second-order valence-electron chi connectivity index (χ2n) is 4.82. The lowest BCUT2D eigenvalue weighted by Crippen LogP contribution is -3.00. The number of likely N-dealkylation sites (N-methyl/N-ethyl adjacent to an activating group) is 1. The van der Waals surface area contributed by atoms with E-state index < -0.39 is 0 Å². The molecule has 0 spiro atoms. The molecule has 0 atom stereocenters. The number of nitrogens with zero attached hydrogens (tertiary/aromatic N) is 1. The molecule has 0 bridgehead atoms. The van der Waals surface area contributed by atoms with Crippen molar-refractivity contribution in [2.45, 2.75) is 13.8 Å². The van der Waals surface area contributed by atoms with Crippen molar-refractivity contribution < 1.29 is 26.3 Å². The molecular weight excluding hydrogens is 306 g/mol. The molecule has 4 nitrogen and oxygen atoms in total. The first-order valence-corrected chi connectivity index (χ1v) is 6.48. The van der Waals surface area contributed by atoms with Gasteiger partial charge in [-0.3, -0.25) is 4.79 Å². The van der Waals surface area contributed by atoms with Crippen LogP contribution in [0.15, 0.2) is 24.3 Å². The Morgan fingerprint density at radius 2 is 1.84 bits per heavy atom. The zero-order chi connectivity index (χ0) is 13.6. The third-order valence-corrected chi connectivity index (χ3v) is 3.67. The van der Waals surface area contributed by atoms with Crippen molar-refractivity contribution in [3.8, 4) is 0 Å². The van der Waals surface area contributed by atoms with Crippen molar-refractivity contribution >= 4 is 11.6 Å². The molecule has 5 heteroatoms. The molecule has 0 unspecified atom stereocenters. The molecule has 108 valence electrons. The van der Waals surface area contributed by atoms with Gasteiger partial charge in [0.2, 0.25) is 0 Å². The fourth-order valence-electron chi connectivity index (χ4n) is 1.78. The molecule has 0 saturated carbocycles. The highest BCUT2D eigenvalue weighted by molar-refractivity contribution is 5.98. The third-order valence-electron chi connectivity index (χ3n) is 3.67. The summed E-state index contributed by atoms with van der Waals surface area (Å²) in [6.07, 6.45) is 0. The first-order valence-electron chi connectivity index (χ1n) is 6.48. The highest BCUT2D eigenvalue weighted by atomic mass is 79.9. The summed E-state index contributed by atoms with van der Waals surface area (Å²) in [7, 11) is 2.20. The Bertz CT molecular complexity index is 405. The summed E-state index contributed by atoms with van der Waals surface area (Å²) < 4.78 is 0.963. The minimum absolute atomic E-state index is 0. The summed E-state index contributed by atoms with van der Waals surface area (Å²) in [5.74, 6) is -0.0909. The van der Waals surface area contributed by atoms with Crippen LogP contribution in [-0.4, -0.2) is 43.6 Å². The zero-order valence-electron chi connectivity index (χ0n) is 11.9. The number of nitrogens with one attached hydrogen (secondary N) is 1. The number of carbonyl (C=O) groups is 1. The second-order valence-corrected chi connectivity index (χ2v) is 4.82. The van der Waals surface area contributed by atoms with Gasteiger partial charge in [-0.2, -0.15) is 0 Å². The van der Waals surface area contributed by atoms with Gasteiger partial charge in [0.05, 0.1) is 38.8 Å². The van der Waals surface area contributed by atoms with Crippen molar-refractivity contribution in [2.75, 3.05) is 39.0 Å². The van der Waals surface area contributed by atoms with Crippen LogP contribution in [0.4, 0.5) is 5.69 Å². The molecule has 1 amide bonds. The van der Waals surface area contributed by atoms with Gasteiger partial charge in [0.25, 0.3) is 5.91 Å². The zero-order valence-corrected chi connectivity index (χ0v) is 13.5. The highest BCUT2D eigenvalue weighted by Crippen LogP contribution is 2.09. The highest BCUT2D eigenvalue weighted by Gasteiger charge is 2.16. The van der Waals surface area contributed by atoms with Crippen LogP contribution in [0, 0.1) is 0 Å². The van der Waals surface area contributed by atoms with Crippen LogP contribution in [0.5, 0.6) is 0 Å². The monoisotopic (exact) mass is 329 g/mol. The Balaban J connectivity index is 0.00000324. The topological polar surface area (TPSA) is 55.1 Å². The first-order chi connectivity index (χ1) is 8.52. The number of nitrogen functional groups attached to an aromatic ring is 1. The van der Waals surface area contributed by atoms with Gasteiger partial charge < -0.3 is 32.5 Å². The van der Waals surface area contributed by atoms with Crippen molar-refractivity contribution in [1.29, 1.82) is 0 Å². The normalized spacial score (nSPS) is 10.7.